The van der Waals surface area contributed by atoms with Crippen molar-refractivity contribution in [3.63, 3.8) is 0 Å². The first-order chi connectivity index (χ1) is 18.4. The van der Waals surface area contributed by atoms with E-state index in [1.165, 1.54) is 41.2 Å². The third-order valence-electron chi connectivity index (χ3n) is 5.50. The van der Waals surface area contributed by atoms with Crippen LogP contribution in [0.4, 0.5) is 10.2 Å². The van der Waals surface area contributed by atoms with Crippen molar-refractivity contribution in [3.8, 4) is 16.9 Å². The third kappa shape index (κ3) is 5.26. The van der Waals surface area contributed by atoms with Gasteiger partial charge in [-0.05, 0) is 42.5 Å². The fourth-order valence-corrected chi connectivity index (χ4v) is 4.23. The average Bonchev–Trinajstić information content (AvgIpc) is 3.59. The van der Waals surface area contributed by atoms with Gasteiger partial charge in [0.15, 0.2) is 5.69 Å². The number of hydrogen-bond acceptors (Lipinski definition) is 5. The minimum Gasteiger partial charge on any atom is -0.345 e. The minimum atomic E-state index is -0.620. The third-order valence-corrected chi connectivity index (χ3v) is 6.12. The summed E-state index contributed by atoms with van der Waals surface area (Å²) in [7, 11) is 0. The second-order valence-corrected chi connectivity index (χ2v) is 8.84. The molecule has 0 aliphatic heterocycles. The molecule has 12 heteroatoms. The largest absolute Gasteiger partial charge is 0.345 e. The Morgan fingerprint density at radius 3 is 2.50 bits per heavy atom. The average molecular weight is 550 g/mol. The lowest BCUT2D eigenvalue weighted by molar-refractivity contribution is 0.0944. The monoisotopic (exact) mass is 549 g/mol. The van der Waals surface area contributed by atoms with Gasteiger partial charge in [0, 0.05) is 24.0 Å². The van der Waals surface area contributed by atoms with Crippen LogP contribution in [0.1, 0.15) is 26.5 Å². The van der Waals surface area contributed by atoms with Gasteiger partial charge < -0.3 is 10.6 Å². The molecule has 3 aromatic heterocycles. The Labute approximate surface area is 225 Å². The van der Waals surface area contributed by atoms with Crippen molar-refractivity contribution in [1.29, 1.82) is 0 Å². The summed E-state index contributed by atoms with van der Waals surface area (Å²) in [4.78, 5) is 30.2. The molecular weight excluding hydrogens is 532 g/mol. The molecule has 0 radical (unpaired) electrons. The number of aromatic nitrogens is 5. The molecular formula is C26H18Cl2FN7O2. The summed E-state index contributed by atoms with van der Waals surface area (Å²) in [5, 5.41) is 16.7. The standard InChI is InChI=1S/C26H18Cl2FN7O2/c27-19-12-20(28)18(11-17(19)24-21(29)7-4-9-30-24)25(37)33-23-13-22(26(38)31-14-15-8-10-32-34-15)35-36(23)16-5-2-1-3-6-16/h1-13H,14H2,(H,31,38)(H,32,34)(H,33,37). The van der Waals surface area contributed by atoms with Crippen LogP contribution in [-0.4, -0.2) is 36.8 Å². The van der Waals surface area contributed by atoms with Gasteiger partial charge in [-0.15, -0.1) is 0 Å². The number of benzene rings is 2. The van der Waals surface area contributed by atoms with E-state index in [2.05, 4.69) is 30.9 Å². The molecule has 0 saturated heterocycles. The molecule has 9 nitrogen and oxygen atoms in total. The lowest BCUT2D eigenvalue weighted by Crippen LogP contribution is -2.23. The lowest BCUT2D eigenvalue weighted by Gasteiger charge is -2.12. The molecule has 0 bridgehead atoms. The summed E-state index contributed by atoms with van der Waals surface area (Å²) in [5.74, 6) is -1.46. The molecule has 2 amide bonds. The predicted molar refractivity (Wildman–Crippen MR) is 141 cm³/mol. The van der Waals surface area contributed by atoms with Gasteiger partial charge in [0.2, 0.25) is 0 Å². The van der Waals surface area contributed by atoms with Gasteiger partial charge in [-0.25, -0.2) is 9.07 Å². The Morgan fingerprint density at radius 2 is 1.76 bits per heavy atom. The second-order valence-electron chi connectivity index (χ2n) is 8.03. The van der Waals surface area contributed by atoms with Crippen LogP contribution >= 0.6 is 23.2 Å². The fourth-order valence-electron chi connectivity index (χ4n) is 3.67. The van der Waals surface area contributed by atoms with E-state index in [9.17, 15) is 14.0 Å². The Bertz CT molecular complexity index is 1620. The van der Waals surface area contributed by atoms with E-state index in [-0.39, 0.29) is 44.9 Å². The smallest absolute Gasteiger partial charge is 0.272 e. The van der Waals surface area contributed by atoms with Crippen LogP contribution in [0.5, 0.6) is 0 Å². The number of nitrogens with zero attached hydrogens (tertiary/aromatic N) is 4. The Hall–Kier alpha value is -4.54. The number of H-pyrrole nitrogens is 1. The predicted octanol–water partition coefficient (Wildman–Crippen LogP) is 5.29. The first kappa shape index (κ1) is 25.1. The molecule has 5 aromatic rings. The number of pyridine rings is 1. The zero-order valence-corrected chi connectivity index (χ0v) is 21.0. The van der Waals surface area contributed by atoms with E-state index in [0.717, 1.165) is 0 Å². The van der Waals surface area contributed by atoms with Gasteiger partial charge in [0.25, 0.3) is 11.8 Å². The molecule has 0 atom stereocenters. The number of nitrogens with one attached hydrogen (secondary N) is 3. The number of amides is 2. The molecule has 0 aliphatic carbocycles. The number of para-hydroxylation sites is 1. The summed E-state index contributed by atoms with van der Waals surface area (Å²) >= 11 is 12.6. The van der Waals surface area contributed by atoms with Gasteiger partial charge in [-0.2, -0.15) is 10.2 Å². The maximum absolute atomic E-state index is 14.4. The van der Waals surface area contributed by atoms with Crippen molar-refractivity contribution < 1.29 is 14.0 Å². The van der Waals surface area contributed by atoms with Crippen LogP contribution in [0, 0.1) is 5.82 Å². The molecule has 0 aliphatic rings. The van der Waals surface area contributed by atoms with Crippen molar-refractivity contribution in [3.05, 3.63) is 112 Å². The van der Waals surface area contributed by atoms with Gasteiger partial charge >= 0.3 is 0 Å². The number of carbonyl (C=O) groups is 2. The molecule has 38 heavy (non-hydrogen) atoms. The highest BCUT2D eigenvalue weighted by Gasteiger charge is 2.21. The quantitative estimate of drug-likeness (QED) is 0.255. The van der Waals surface area contributed by atoms with Crippen molar-refractivity contribution in [2.24, 2.45) is 0 Å². The maximum Gasteiger partial charge on any atom is 0.272 e. The van der Waals surface area contributed by atoms with E-state index in [1.807, 2.05) is 6.07 Å². The van der Waals surface area contributed by atoms with Crippen LogP contribution in [0.25, 0.3) is 16.9 Å². The molecule has 0 fully saturated rings. The number of carbonyl (C=O) groups excluding carboxylic acids is 2. The van der Waals surface area contributed by atoms with Crippen molar-refractivity contribution in [2.75, 3.05) is 5.32 Å². The van der Waals surface area contributed by atoms with Crippen LogP contribution in [0.15, 0.2) is 79.1 Å². The highest BCUT2D eigenvalue weighted by atomic mass is 35.5. The Kier molecular flexibility index (Phi) is 7.16. The Morgan fingerprint density at radius 1 is 0.947 bits per heavy atom. The van der Waals surface area contributed by atoms with E-state index >= 15 is 0 Å². The number of rotatable bonds is 7. The van der Waals surface area contributed by atoms with Gasteiger partial charge in [0.05, 0.1) is 33.5 Å². The van der Waals surface area contributed by atoms with Crippen molar-refractivity contribution >= 4 is 40.8 Å². The van der Waals surface area contributed by atoms with Crippen molar-refractivity contribution in [2.45, 2.75) is 6.54 Å². The first-order valence-corrected chi connectivity index (χ1v) is 12.0. The van der Waals surface area contributed by atoms with E-state index in [1.54, 1.807) is 36.5 Å². The van der Waals surface area contributed by atoms with Crippen LogP contribution in [0.2, 0.25) is 10.0 Å². The topological polar surface area (TPSA) is 118 Å². The molecule has 0 saturated carbocycles. The van der Waals surface area contributed by atoms with Crippen LogP contribution < -0.4 is 10.6 Å². The SMILES string of the molecule is O=C(NCc1ccn[nH]1)c1cc(NC(=O)c2cc(-c3ncccc3F)c(Cl)cc2Cl)n(-c2ccccc2)n1. The molecule has 0 unspecified atom stereocenters. The first-order valence-electron chi connectivity index (χ1n) is 11.2. The second kappa shape index (κ2) is 10.8. The van der Waals surface area contributed by atoms with Gasteiger partial charge in [-0.3, -0.25) is 19.7 Å². The van der Waals surface area contributed by atoms with E-state index in [0.29, 0.717) is 11.4 Å². The molecule has 2 aromatic carbocycles. The summed E-state index contributed by atoms with van der Waals surface area (Å²) in [6, 6.07) is 17.5. The lowest BCUT2D eigenvalue weighted by atomic mass is 10.1. The summed E-state index contributed by atoms with van der Waals surface area (Å²) in [6.45, 7) is 0.214. The van der Waals surface area contributed by atoms with Crippen molar-refractivity contribution in [1.82, 2.24) is 30.3 Å². The Balaban J connectivity index is 1.47. The normalized spacial score (nSPS) is 10.8. The fraction of sp³-hybridized carbons (Fsp3) is 0.0385. The molecule has 0 spiro atoms. The molecule has 3 N–H and O–H groups in total. The summed E-state index contributed by atoms with van der Waals surface area (Å²) in [5.41, 5.74) is 1.61. The maximum atomic E-state index is 14.4. The number of halogens is 3. The number of aromatic amines is 1. The van der Waals surface area contributed by atoms with Crippen LogP contribution in [-0.2, 0) is 6.54 Å². The summed E-state index contributed by atoms with van der Waals surface area (Å²) in [6.07, 6.45) is 3.00. The van der Waals surface area contributed by atoms with Gasteiger partial charge in [0.1, 0.15) is 17.3 Å². The van der Waals surface area contributed by atoms with Gasteiger partial charge in [-0.1, -0.05) is 41.4 Å². The number of anilines is 1. The zero-order valence-electron chi connectivity index (χ0n) is 19.5. The molecule has 5 rings (SSSR count). The molecule has 190 valence electrons. The summed E-state index contributed by atoms with van der Waals surface area (Å²) < 4.78 is 15.8. The number of hydrogen-bond donors (Lipinski definition) is 3. The highest BCUT2D eigenvalue weighted by molar-refractivity contribution is 6.38. The van der Waals surface area contributed by atoms with Crippen LogP contribution in [0.3, 0.4) is 0 Å². The van der Waals surface area contributed by atoms with E-state index < -0.39 is 17.6 Å². The zero-order chi connectivity index (χ0) is 26.6. The minimum absolute atomic E-state index is 0.0197. The van der Waals surface area contributed by atoms with E-state index in [4.69, 9.17) is 23.2 Å². The highest BCUT2D eigenvalue weighted by Crippen LogP contribution is 2.33. The molecule has 3 heterocycles.